The summed E-state index contributed by atoms with van der Waals surface area (Å²) in [6, 6.07) is 13.8. The van der Waals surface area contributed by atoms with Gasteiger partial charge < -0.3 is 13.4 Å². The molecule has 5 heteroatoms. The first-order valence-corrected chi connectivity index (χ1v) is 25.2. The van der Waals surface area contributed by atoms with Gasteiger partial charge in [-0.2, -0.15) is 0 Å². The summed E-state index contributed by atoms with van der Waals surface area (Å²) in [4.78, 5) is 0. The van der Waals surface area contributed by atoms with Crippen molar-refractivity contribution in [3.8, 4) is 0 Å². The number of aromatic nitrogens is 1. The second-order valence-electron chi connectivity index (χ2n) is 17.5. The van der Waals surface area contributed by atoms with E-state index in [1.54, 1.807) is 0 Å². The fourth-order valence-corrected chi connectivity index (χ4v) is 20.2. The Morgan fingerprint density at radius 1 is 0.510 bits per heavy atom. The van der Waals surface area contributed by atoms with Gasteiger partial charge in [0.2, 0.25) is 0 Å². The molecule has 0 aliphatic carbocycles. The molecule has 0 aliphatic heterocycles. The first-order chi connectivity index (χ1) is 24.1. The van der Waals surface area contributed by atoms with Gasteiger partial charge in [0.25, 0.3) is 16.6 Å². The van der Waals surface area contributed by atoms with Crippen LogP contribution in [-0.2, 0) is 15.4 Å². The highest BCUT2D eigenvalue weighted by Gasteiger charge is 2.48. The standard InChI is InChI=1S/C46H77NO2Si2/c1-16-17-18-19-20-21-22-23-24-25-30-47-45-28-26-41(39(14)48-50(33(2)3,34(4)5)35(6)7)31-43(45)44-32-42(27-29-46(44)47)40(15)49-51(36(8)9,37(10)11)38(12)13/h26-29,31-38H,14-25,30H2,1-13H3. The number of nitrogens with zero attached hydrogens (tertiary/aromatic N) is 1. The van der Waals surface area contributed by atoms with E-state index >= 15 is 0 Å². The van der Waals surface area contributed by atoms with Crippen LogP contribution in [0.15, 0.2) is 49.6 Å². The highest BCUT2D eigenvalue weighted by molar-refractivity contribution is 6.78. The summed E-state index contributed by atoms with van der Waals surface area (Å²) in [6.07, 6.45) is 13.4. The van der Waals surface area contributed by atoms with Gasteiger partial charge in [-0.15, -0.1) is 0 Å². The van der Waals surface area contributed by atoms with Crippen LogP contribution in [0.1, 0.15) is 165 Å². The molecule has 3 rings (SSSR count). The molecule has 3 nitrogen and oxygen atoms in total. The molecule has 0 atom stereocenters. The second kappa shape index (κ2) is 19.2. The minimum Gasteiger partial charge on any atom is -0.543 e. The molecule has 1 heterocycles. The summed E-state index contributed by atoms with van der Waals surface area (Å²) in [5, 5.41) is 2.53. The molecule has 0 amide bonds. The number of rotatable bonds is 23. The Morgan fingerprint density at radius 2 is 0.824 bits per heavy atom. The molecule has 0 unspecified atom stereocenters. The summed E-state index contributed by atoms with van der Waals surface area (Å²) in [5.41, 5.74) is 7.71. The van der Waals surface area contributed by atoms with Crippen molar-refractivity contribution < 1.29 is 8.85 Å². The van der Waals surface area contributed by atoms with E-state index in [1.807, 2.05) is 0 Å². The van der Waals surface area contributed by atoms with Crippen molar-refractivity contribution in [2.45, 2.75) is 194 Å². The van der Waals surface area contributed by atoms with Crippen LogP contribution in [0.2, 0.25) is 33.2 Å². The number of aryl methyl sites for hydroxylation is 1. The monoisotopic (exact) mass is 732 g/mol. The molecule has 51 heavy (non-hydrogen) atoms. The van der Waals surface area contributed by atoms with Gasteiger partial charge in [-0.1, -0.05) is 161 Å². The third-order valence-corrected chi connectivity index (χ3v) is 24.3. The van der Waals surface area contributed by atoms with E-state index in [9.17, 15) is 0 Å². The number of hydrogen-bond donors (Lipinski definition) is 0. The molecule has 0 bridgehead atoms. The minimum atomic E-state index is -2.13. The average molecular weight is 732 g/mol. The van der Waals surface area contributed by atoms with Crippen LogP contribution in [0.5, 0.6) is 0 Å². The van der Waals surface area contributed by atoms with Crippen LogP contribution in [0.3, 0.4) is 0 Å². The van der Waals surface area contributed by atoms with Crippen molar-refractivity contribution in [1.82, 2.24) is 4.57 Å². The summed E-state index contributed by atoms with van der Waals surface area (Å²) < 4.78 is 16.8. The molecule has 2 aromatic carbocycles. The normalized spacial score (nSPS) is 12.9. The SMILES string of the molecule is C=C(O[Si](C(C)C)(C(C)C)C(C)C)c1ccc2c(c1)c1cc(C(=C)O[Si](C(C)C)(C(C)C)C(C)C)ccc1n2CCCCCCCCCCCC. The number of benzene rings is 2. The molecule has 0 saturated carbocycles. The Labute approximate surface area is 316 Å². The minimum absolute atomic E-state index is 0.493. The van der Waals surface area contributed by atoms with Crippen molar-refractivity contribution in [1.29, 1.82) is 0 Å². The Balaban J connectivity index is 2.01. The van der Waals surface area contributed by atoms with Gasteiger partial charge in [0.15, 0.2) is 0 Å². The fourth-order valence-electron chi connectivity index (χ4n) is 9.70. The summed E-state index contributed by atoms with van der Waals surface area (Å²) >= 11 is 0. The first-order valence-electron chi connectivity index (χ1n) is 20.9. The van der Waals surface area contributed by atoms with Gasteiger partial charge in [-0.3, -0.25) is 0 Å². The summed E-state index contributed by atoms with van der Waals surface area (Å²) in [7, 11) is -4.27. The van der Waals surface area contributed by atoms with Crippen molar-refractivity contribution >= 4 is 50.0 Å². The second-order valence-corrected chi connectivity index (χ2v) is 28.2. The largest absolute Gasteiger partial charge is 0.543 e. The maximum atomic E-state index is 7.11. The van der Waals surface area contributed by atoms with Gasteiger partial charge >= 0.3 is 0 Å². The zero-order valence-corrected chi connectivity index (χ0v) is 37.4. The highest BCUT2D eigenvalue weighted by atomic mass is 28.4. The maximum absolute atomic E-state index is 7.11. The Hall–Kier alpha value is -2.25. The Bertz CT molecular complexity index is 1410. The van der Waals surface area contributed by atoms with Gasteiger partial charge in [0.1, 0.15) is 11.5 Å². The lowest BCUT2D eigenvalue weighted by atomic mass is 10.1. The van der Waals surface area contributed by atoms with Crippen molar-refractivity contribution in [2.24, 2.45) is 0 Å². The van der Waals surface area contributed by atoms with Crippen LogP contribution in [0, 0.1) is 0 Å². The zero-order valence-electron chi connectivity index (χ0n) is 35.4. The van der Waals surface area contributed by atoms with Gasteiger partial charge in [0.05, 0.1) is 0 Å². The summed E-state index contributed by atoms with van der Waals surface area (Å²) in [6.45, 7) is 40.6. The lowest BCUT2D eigenvalue weighted by Crippen LogP contribution is -2.47. The van der Waals surface area contributed by atoms with Crippen molar-refractivity contribution in [2.75, 3.05) is 0 Å². The van der Waals surface area contributed by atoms with Crippen LogP contribution in [0.25, 0.3) is 33.3 Å². The highest BCUT2D eigenvalue weighted by Crippen LogP contribution is 2.46. The topological polar surface area (TPSA) is 23.4 Å². The molecule has 1 aromatic heterocycles. The molecule has 0 saturated heterocycles. The smallest absolute Gasteiger partial charge is 0.258 e. The van der Waals surface area contributed by atoms with E-state index in [0.29, 0.717) is 33.2 Å². The molecular formula is C46H77NO2Si2. The van der Waals surface area contributed by atoms with Gasteiger partial charge in [-0.05, 0) is 76.1 Å². The van der Waals surface area contributed by atoms with Crippen LogP contribution >= 0.6 is 0 Å². The van der Waals surface area contributed by atoms with Crippen molar-refractivity contribution in [3.63, 3.8) is 0 Å². The van der Waals surface area contributed by atoms with Crippen LogP contribution in [-0.4, -0.2) is 21.2 Å². The lowest BCUT2D eigenvalue weighted by Gasteiger charge is -2.42. The Morgan fingerprint density at radius 3 is 1.14 bits per heavy atom. The first kappa shape index (κ1) is 43.2. The molecule has 0 aliphatic rings. The quantitative estimate of drug-likeness (QED) is 0.0551. The van der Waals surface area contributed by atoms with Gasteiger partial charge in [0, 0.05) is 39.5 Å². The average Bonchev–Trinajstić information content (AvgIpc) is 3.37. The molecule has 3 aromatic rings. The predicted molar refractivity (Wildman–Crippen MR) is 234 cm³/mol. The Kier molecular flexibility index (Phi) is 16.2. The molecule has 0 fully saturated rings. The number of fused-ring (bicyclic) bond motifs is 3. The number of hydrogen-bond acceptors (Lipinski definition) is 2. The third-order valence-electron chi connectivity index (χ3n) is 12.3. The van der Waals surface area contributed by atoms with Crippen molar-refractivity contribution in [3.05, 3.63) is 60.7 Å². The predicted octanol–water partition coefficient (Wildman–Crippen LogP) is 16.0. The van der Waals surface area contributed by atoms with E-state index in [4.69, 9.17) is 8.85 Å². The van der Waals surface area contributed by atoms with E-state index < -0.39 is 16.6 Å². The maximum Gasteiger partial charge on any atom is 0.258 e. The fraction of sp³-hybridized carbons (Fsp3) is 0.652. The molecule has 0 spiro atoms. The van der Waals surface area contributed by atoms with E-state index in [-0.39, 0.29) is 0 Å². The molecule has 286 valence electrons. The van der Waals surface area contributed by atoms with E-state index in [1.165, 1.54) is 86.0 Å². The van der Waals surface area contributed by atoms with Crippen LogP contribution < -0.4 is 0 Å². The zero-order chi connectivity index (χ0) is 38.1. The summed E-state index contributed by atoms with van der Waals surface area (Å²) in [5.74, 6) is 1.64. The molecule has 0 N–H and O–H groups in total. The van der Waals surface area contributed by atoms with Crippen LogP contribution in [0.4, 0.5) is 0 Å². The third kappa shape index (κ3) is 9.66. The van der Waals surface area contributed by atoms with E-state index in [0.717, 1.165) is 29.2 Å². The van der Waals surface area contributed by atoms with E-state index in [2.05, 4.69) is 144 Å². The molecule has 0 radical (unpaired) electrons. The molecular weight excluding hydrogens is 655 g/mol. The lowest BCUT2D eigenvalue weighted by molar-refractivity contribution is 0.445. The number of unbranched alkanes of at least 4 members (excludes halogenated alkanes) is 9. The van der Waals surface area contributed by atoms with Gasteiger partial charge in [-0.25, -0.2) is 0 Å².